The summed E-state index contributed by atoms with van der Waals surface area (Å²) in [4.78, 5) is 14.9. The normalized spacial score (nSPS) is 14.2. The van der Waals surface area contributed by atoms with Crippen molar-refractivity contribution in [2.24, 2.45) is 5.73 Å². The number of rotatable bonds is 4. The van der Waals surface area contributed by atoms with Crippen LogP contribution in [0.1, 0.15) is 18.5 Å². The first-order valence-electron chi connectivity index (χ1n) is 4.84. The molecule has 0 amide bonds. The number of nitrogens with two attached hydrogens (primary N) is 1. The summed E-state index contributed by atoms with van der Waals surface area (Å²) >= 11 is 11.6. The van der Waals surface area contributed by atoms with E-state index in [1.165, 1.54) is 12.4 Å². The molecular formula is C10H11Cl2FN2O2. The Bertz CT molecular complexity index is 397. The first-order valence-corrected chi connectivity index (χ1v) is 5.59. The van der Waals surface area contributed by atoms with Gasteiger partial charge in [0.1, 0.15) is 0 Å². The van der Waals surface area contributed by atoms with Gasteiger partial charge in [-0.25, -0.2) is 9.18 Å². The summed E-state index contributed by atoms with van der Waals surface area (Å²) in [5.74, 6) is -1.04. The van der Waals surface area contributed by atoms with Gasteiger partial charge in [-0.2, -0.15) is 0 Å². The number of esters is 1. The van der Waals surface area contributed by atoms with Crippen LogP contribution in [0.25, 0.3) is 0 Å². The summed E-state index contributed by atoms with van der Waals surface area (Å²) < 4.78 is 18.2. The second kappa shape index (κ2) is 6.14. The maximum absolute atomic E-state index is 13.7. The number of carbonyl (C=O) groups is 1. The molecule has 7 heteroatoms. The van der Waals surface area contributed by atoms with Gasteiger partial charge in [-0.3, -0.25) is 4.98 Å². The lowest BCUT2D eigenvalue weighted by atomic mass is 10.0. The van der Waals surface area contributed by atoms with Crippen LogP contribution in [0.4, 0.5) is 4.39 Å². The molecule has 0 aliphatic carbocycles. The van der Waals surface area contributed by atoms with Crippen molar-refractivity contribution < 1.29 is 13.9 Å². The SMILES string of the molecule is CCOC(=O)C(F)[C@H](N)c1c(Cl)cncc1Cl. The average Bonchev–Trinajstić information content (AvgIpc) is 2.27. The third-order valence-electron chi connectivity index (χ3n) is 2.05. The van der Waals surface area contributed by atoms with E-state index in [2.05, 4.69) is 9.72 Å². The lowest BCUT2D eigenvalue weighted by Gasteiger charge is -2.17. The lowest BCUT2D eigenvalue weighted by Crippen LogP contribution is -2.32. The van der Waals surface area contributed by atoms with E-state index in [0.29, 0.717) is 0 Å². The predicted octanol–water partition coefficient (Wildman–Crippen LogP) is 2.29. The zero-order valence-corrected chi connectivity index (χ0v) is 10.5. The molecule has 4 nitrogen and oxygen atoms in total. The highest BCUT2D eigenvalue weighted by Crippen LogP contribution is 2.30. The van der Waals surface area contributed by atoms with Crippen molar-refractivity contribution in [2.75, 3.05) is 6.61 Å². The van der Waals surface area contributed by atoms with E-state index in [4.69, 9.17) is 28.9 Å². The minimum atomic E-state index is -2.02. The third kappa shape index (κ3) is 3.28. The Labute approximate surface area is 108 Å². The Morgan fingerprint density at radius 1 is 1.53 bits per heavy atom. The lowest BCUT2D eigenvalue weighted by molar-refractivity contribution is -0.149. The van der Waals surface area contributed by atoms with E-state index in [-0.39, 0.29) is 22.2 Å². The molecule has 2 N–H and O–H groups in total. The fourth-order valence-electron chi connectivity index (χ4n) is 1.25. The highest BCUT2D eigenvalue weighted by atomic mass is 35.5. The van der Waals surface area contributed by atoms with Gasteiger partial charge in [-0.1, -0.05) is 23.2 Å². The molecule has 0 aliphatic rings. The van der Waals surface area contributed by atoms with Gasteiger partial charge in [0.05, 0.1) is 22.7 Å². The van der Waals surface area contributed by atoms with Crippen molar-refractivity contribution >= 4 is 29.2 Å². The van der Waals surface area contributed by atoms with Gasteiger partial charge < -0.3 is 10.5 Å². The number of nitrogens with zero attached hydrogens (tertiary/aromatic N) is 1. The van der Waals surface area contributed by atoms with Crippen molar-refractivity contribution in [2.45, 2.75) is 19.1 Å². The number of ether oxygens (including phenoxy) is 1. The van der Waals surface area contributed by atoms with Gasteiger partial charge in [0.2, 0.25) is 6.17 Å². The van der Waals surface area contributed by atoms with Crippen LogP contribution in [0.15, 0.2) is 12.4 Å². The maximum atomic E-state index is 13.7. The number of hydrogen-bond donors (Lipinski definition) is 1. The van der Waals surface area contributed by atoms with Gasteiger partial charge in [0, 0.05) is 18.0 Å². The Morgan fingerprint density at radius 2 is 2.06 bits per heavy atom. The van der Waals surface area contributed by atoms with Gasteiger partial charge in [0.15, 0.2) is 0 Å². The van der Waals surface area contributed by atoms with E-state index < -0.39 is 18.2 Å². The number of hydrogen-bond acceptors (Lipinski definition) is 4. The zero-order chi connectivity index (χ0) is 13.0. The number of halogens is 3. The van der Waals surface area contributed by atoms with E-state index in [0.717, 1.165) is 0 Å². The minimum Gasteiger partial charge on any atom is -0.464 e. The highest BCUT2D eigenvalue weighted by molar-refractivity contribution is 6.35. The molecule has 0 fully saturated rings. The number of aromatic nitrogens is 1. The Morgan fingerprint density at radius 3 is 2.53 bits per heavy atom. The summed E-state index contributed by atoms with van der Waals surface area (Å²) in [6.07, 6.45) is 0.536. The number of carbonyl (C=O) groups excluding carboxylic acids is 1. The van der Waals surface area contributed by atoms with Crippen molar-refractivity contribution in [1.29, 1.82) is 0 Å². The monoisotopic (exact) mass is 280 g/mol. The predicted molar refractivity (Wildman–Crippen MR) is 62.7 cm³/mol. The molecule has 94 valence electrons. The van der Waals surface area contributed by atoms with Crippen molar-refractivity contribution in [3.63, 3.8) is 0 Å². The van der Waals surface area contributed by atoms with Crippen LogP contribution in [-0.4, -0.2) is 23.7 Å². The van der Waals surface area contributed by atoms with Gasteiger partial charge in [-0.05, 0) is 6.92 Å². The quantitative estimate of drug-likeness (QED) is 0.860. The highest BCUT2D eigenvalue weighted by Gasteiger charge is 2.30. The molecule has 0 aliphatic heterocycles. The average molecular weight is 281 g/mol. The van der Waals surface area contributed by atoms with Crippen LogP contribution in [-0.2, 0) is 9.53 Å². The van der Waals surface area contributed by atoms with Crippen LogP contribution in [0.3, 0.4) is 0 Å². The molecular weight excluding hydrogens is 270 g/mol. The Kier molecular flexibility index (Phi) is 5.11. The first kappa shape index (κ1) is 14.2. The zero-order valence-electron chi connectivity index (χ0n) is 8.99. The number of pyridine rings is 1. The van der Waals surface area contributed by atoms with Gasteiger partial charge in [-0.15, -0.1) is 0 Å². The molecule has 0 spiro atoms. The smallest absolute Gasteiger partial charge is 0.342 e. The summed E-state index contributed by atoms with van der Waals surface area (Å²) in [6, 6.07) is -1.28. The summed E-state index contributed by atoms with van der Waals surface area (Å²) in [6.45, 7) is 1.65. The second-order valence-electron chi connectivity index (χ2n) is 3.20. The van der Waals surface area contributed by atoms with E-state index in [1.807, 2.05) is 0 Å². The molecule has 17 heavy (non-hydrogen) atoms. The van der Waals surface area contributed by atoms with Crippen LogP contribution >= 0.6 is 23.2 Å². The van der Waals surface area contributed by atoms with Gasteiger partial charge >= 0.3 is 5.97 Å². The van der Waals surface area contributed by atoms with Gasteiger partial charge in [0.25, 0.3) is 0 Å². The molecule has 1 rings (SSSR count). The largest absolute Gasteiger partial charge is 0.464 e. The fourth-order valence-corrected chi connectivity index (χ4v) is 1.87. The first-order chi connectivity index (χ1) is 7.99. The standard InChI is InChI=1S/C10H11Cl2FN2O2/c1-2-17-10(16)8(13)9(14)7-5(11)3-15-4-6(7)12/h3-4,8-9H,2,14H2,1H3/t8?,9-/m1/s1. The summed E-state index contributed by atoms with van der Waals surface area (Å²) in [5, 5.41) is 0.217. The molecule has 0 saturated heterocycles. The van der Waals surface area contributed by atoms with Crippen molar-refractivity contribution in [3.8, 4) is 0 Å². The van der Waals surface area contributed by atoms with Crippen LogP contribution in [0, 0.1) is 0 Å². The molecule has 1 aromatic rings. The third-order valence-corrected chi connectivity index (χ3v) is 2.65. The Hall–Kier alpha value is -0.910. The van der Waals surface area contributed by atoms with E-state index >= 15 is 0 Å². The molecule has 0 saturated carbocycles. The molecule has 0 bridgehead atoms. The van der Waals surface area contributed by atoms with Crippen molar-refractivity contribution in [1.82, 2.24) is 4.98 Å². The molecule has 1 unspecified atom stereocenters. The fraction of sp³-hybridized carbons (Fsp3) is 0.400. The van der Waals surface area contributed by atoms with Crippen molar-refractivity contribution in [3.05, 3.63) is 28.0 Å². The number of alkyl halides is 1. The Balaban J connectivity index is 2.96. The summed E-state index contributed by atoms with van der Waals surface area (Å²) in [7, 11) is 0. The van der Waals surface area contributed by atoms with Crippen LogP contribution in [0.2, 0.25) is 10.0 Å². The van der Waals surface area contributed by atoms with Crippen LogP contribution < -0.4 is 5.73 Å². The van der Waals surface area contributed by atoms with E-state index in [9.17, 15) is 9.18 Å². The molecule has 1 heterocycles. The molecule has 2 atom stereocenters. The molecule has 1 aromatic heterocycles. The molecule has 0 aromatic carbocycles. The molecule has 0 radical (unpaired) electrons. The van der Waals surface area contributed by atoms with Crippen LogP contribution in [0.5, 0.6) is 0 Å². The summed E-state index contributed by atoms with van der Waals surface area (Å²) in [5.41, 5.74) is 5.74. The van der Waals surface area contributed by atoms with E-state index in [1.54, 1.807) is 6.92 Å². The maximum Gasteiger partial charge on any atom is 0.342 e. The topological polar surface area (TPSA) is 65.2 Å². The second-order valence-corrected chi connectivity index (χ2v) is 4.01. The minimum absolute atomic E-state index is 0.0732.